The second kappa shape index (κ2) is 21.3. The number of hydrogen-bond acceptors (Lipinski definition) is 1. The van der Waals surface area contributed by atoms with Gasteiger partial charge in [0.05, 0.1) is 0 Å². The van der Waals surface area contributed by atoms with Crippen molar-refractivity contribution in [2.24, 2.45) is 0 Å². The first-order valence-corrected chi connectivity index (χ1v) is 1.08. The molecule has 1 nitrogen and oxygen atoms in total. The van der Waals surface area contributed by atoms with Gasteiger partial charge in [-0.15, -0.1) is 0 Å². The van der Waals surface area contributed by atoms with Crippen LogP contribution in [0.2, 0.25) is 0 Å². The Labute approximate surface area is 63.4 Å². The normalized spacial score (nSPS) is 0.750. The van der Waals surface area contributed by atoms with Crippen molar-refractivity contribution < 1.29 is 46.7 Å². The SMILES string of the molecule is [AlH3].[O]=[Nb].[Ta]. The minimum Gasteiger partial charge on any atom is 0 e. The van der Waals surface area contributed by atoms with Gasteiger partial charge in [0.1, 0.15) is 0 Å². The Morgan fingerprint density at radius 2 is 1.25 bits per heavy atom. The van der Waals surface area contributed by atoms with Gasteiger partial charge in [0.2, 0.25) is 0 Å². The third kappa shape index (κ3) is 9.18. The molecule has 0 fully saturated rings. The van der Waals surface area contributed by atoms with Crippen LogP contribution in [0.3, 0.4) is 0 Å². The fourth-order valence-electron chi connectivity index (χ4n) is 0. The molecule has 22 valence electrons. The van der Waals surface area contributed by atoms with E-state index in [0.29, 0.717) is 21.0 Å². The Bertz CT molecular complexity index is 8.00. The molecular weight excluding hydrogens is 317 g/mol. The van der Waals surface area contributed by atoms with Gasteiger partial charge in [0.25, 0.3) is 0 Å². The van der Waals surface area contributed by atoms with E-state index in [2.05, 4.69) is 0 Å². The molecule has 0 aromatic rings. The van der Waals surface area contributed by atoms with E-state index in [1.54, 1.807) is 0 Å². The molecule has 0 aromatic heterocycles. The quantitative estimate of drug-likeness (QED) is 0.507. The summed E-state index contributed by atoms with van der Waals surface area (Å²) in [4.78, 5) is 0. The maximum atomic E-state index is 8.30. The van der Waals surface area contributed by atoms with Crippen LogP contribution in [-0.2, 0) is 46.7 Å². The molecule has 0 amide bonds. The Balaban J connectivity index is -0.00000000500. The van der Waals surface area contributed by atoms with Gasteiger partial charge in [-0.3, -0.25) is 0 Å². The first-order chi connectivity index (χ1) is 1.00. The fraction of sp³-hybridized carbons (Fsp3) is 0. The Hall–Kier alpha value is 1.81. The van der Waals surface area contributed by atoms with Gasteiger partial charge >= 0.3 is 24.3 Å². The van der Waals surface area contributed by atoms with E-state index in [1.807, 2.05) is 0 Å². The Kier molecular flexibility index (Phi) is 90.6. The molecular formula is H3AlNbOTa. The first kappa shape index (κ1) is 17.0. The molecule has 0 aliphatic rings. The molecule has 0 aliphatic heterocycles. The Morgan fingerprint density at radius 1 is 1.25 bits per heavy atom. The van der Waals surface area contributed by atoms with E-state index in [0.717, 1.165) is 0 Å². The predicted octanol–water partition coefficient (Wildman–Crippen LogP) is -1.31. The summed E-state index contributed by atoms with van der Waals surface area (Å²) in [5.41, 5.74) is 0. The van der Waals surface area contributed by atoms with Gasteiger partial charge in [-0.05, 0) is 0 Å². The minimum absolute atomic E-state index is 0. The summed E-state index contributed by atoms with van der Waals surface area (Å²) in [5.74, 6) is 0. The summed E-state index contributed by atoms with van der Waals surface area (Å²) >= 11 is 0.500. The van der Waals surface area contributed by atoms with E-state index < -0.39 is 0 Å². The zero-order chi connectivity index (χ0) is 2.00. The molecule has 0 N–H and O–H groups in total. The predicted molar refractivity (Wildman–Crippen MR) is 10.6 cm³/mol. The molecule has 0 bridgehead atoms. The maximum absolute atomic E-state index is 8.30. The van der Waals surface area contributed by atoms with Crippen LogP contribution in [0, 0.1) is 0 Å². The summed E-state index contributed by atoms with van der Waals surface area (Å²) in [6.45, 7) is 0. The average molecular weight is 320 g/mol. The standard InChI is InChI=1S/Al.Nb.O.Ta.3H. The van der Waals surface area contributed by atoms with Crippen LogP contribution in [-0.4, -0.2) is 17.4 Å². The monoisotopic (exact) mass is 320 g/mol. The van der Waals surface area contributed by atoms with Crippen molar-refractivity contribution in [3.05, 3.63) is 0 Å². The molecule has 0 aliphatic carbocycles. The van der Waals surface area contributed by atoms with Gasteiger partial charge < -0.3 is 0 Å². The average Bonchev–Trinajstić information content (AvgIpc) is 1.00. The molecule has 0 heterocycles. The van der Waals surface area contributed by atoms with Crippen molar-refractivity contribution in [1.82, 2.24) is 0 Å². The molecule has 0 atom stereocenters. The second-order valence-corrected chi connectivity index (χ2v) is 0. The summed E-state index contributed by atoms with van der Waals surface area (Å²) in [7, 11) is 0. The molecule has 4 heavy (non-hydrogen) atoms. The third-order valence-electron chi connectivity index (χ3n) is 0. The first-order valence-electron chi connectivity index (χ1n) is 0.183. The largest absolute Gasteiger partial charge is 0 e. The van der Waals surface area contributed by atoms with E-state index in [9.17, 15) is 0 Å². The summed E-state index contributed by atoms with van der Waals surface area (Å²) in [6, 6.07) is 0. The molecule has 0 spiro atoms. The minimum atomic E-state index is 0. The molecule has 0 aromatic carbocycles. The van der Waals surface area contributed by atoms with Crippen LogP contribution in [0.5, 0.6) is 0 Å². The van der Waals surface area contributed by atoms with Crippen molar-refractivity contribution in [1.29, 1.82) is 0 Å². The molecule has 1 radical (unpaired) electrons. The van der Waals surface area contributed by atoms with Gasteiger partial charge in [0, 0.05) is 22.4 Å². The topological polar surface area (TPSA) is 17.1 Å². The van der Waals surface area contributed by atoms with Crippen LogP contribution in [0.15, 0.2) is 0 Å². The summed E-state index contributed by atoms with van der Waals surface area (Å²) in [5, 5.41) is 0. The van der Waals surface area contributed by atoms with Gasteiger partial charge in [-0.1, -0.05) is 0 Å². The zero-order valence-corrected chi connectivity index (χ0v) is 6.71. The van der Waals surface area contributed by atoms with Crippen LogP contribution >= 0.6 is 0 Å². The summed E-state index contributed by atoms with van der Waals surface area (Å²) in [6.07, 6.45) is 0. The summed E-state index contributed by atoms with van der Waals surface area (Å²) < 4.78 is 8.30. The number of rotatable bonds is 0. The van der Waals surface area contributed by atoms with Crippen LogP contribution < -0.4 is 0 Å². The molecule has 0 saturated carbocycles. The van der Waals surface area contributed by atoms with E-state index in [-0.39, 0.29) is 39.7 Å². The van der Waals surface area contributed by atoms with Crippen molar-refractivity contribution >= 4 is 17.4 Å². The van der Waals surface area contributed by atoms with Crippen molar-refractivity contribution in [3.63, 3.8) is 0 Å². The Morgan fingerprint density at radius 3 is 1.25 bits per heavy atom. The van der Waals surface area contributed by atoms with Gasteiger partial charge in [-0.25, -0.2) is 0 Å². The third-order valence-corrected chi connectivity index (χ3v) is 0. The molecule has 0 saturated heterocycles. The van der Waals surface area contributed by atoms with E-state index >= 15 is 0 Å². The molecule has 0 rings (SSSR count). The van der Waals surface area contributed by atoms with Gasteiger partial charge in [-0.2, -0.15) is 0 Å². The fourth-order valence-corrected chi connectivity index (χ4v) is 0. The van der Waals surface area contributed by atoms with Crippen LogP contribution in [0.4, 0.5) is 0 Å². The van der Waals surface area contributed by atoms with Gasteiger partial charge in [0.15, 0.2) is 17.4 Å². The molecule has 0 unspecified atom stereocenters. The van der Waals surface area contributed by atoms with E-state index in [4.69, 9.17) is 3.25 Å². The van der Waals surface area contributed by atoms with Crippen LogP contribution in [0.25, 0.3) is 0 Å². The second-order valence-electron chi connectivity index (χ2n) is 0. The molecule has 4 heteroatoms. The number of hydrogen-bond donors (Lipinski definition) is 0. The van der Waals surface area contributed by atoms with E-state index in [1.165, 1.54) is 0 Å². The maximum Gasteiger partial charge on any atom is 0 e. The van der Waals surface area contributed by atoms with Crippen molar-refractivity contribution in [2.45, 2.75) is 0 Å². The smallest absolute Gasteiger partial charge is 0 e. The zero-order valence-electron chi connectivity index (χ0n) is 1.30. The van der Waals surface area contributed by atoms with Crippen LogP contribution in [0.1, 0.15) is 0 Å². The van der Waals surface area contributed by atoms with Crippen molar-refractivity contribution in [3.8, 4) is 0 Å². The van der Waals surface area contributed by atoms with Crippen molar-refractivity contribution in [2.75, 3.05) is 0 Å².